The summed E-state index contributed by atoms with van der Waals surface area (Å²) in [5.41, 5.74) is 1.77. The zero-order chi connectivity index (χ0) is 25.1. The molecule has 2 amide bonds. The minimum absolute atomic E-state index is 0.00105. The van der Waals surface area contributed by atoms with Crippen LogP contribution >= 0.6 is 0 Å². The third-order valence-electron chi connectivity index (χ3n) is 6.30. The van der Waals surface area contributed by atoms with Crippen molar-refractivity contribution < 1.29 is 28.6 Å². The number of aromatic nitrogens is 3. The predicted octanol–water partition coefficient (Wildman–Crippen LogP) is 2.51. The minimum Gasteiger partial charge on any atom is -0.481 e. The molecule has 3 aromatic rings. The van der Waals surface area contributed by atoms with Gasteiger partial charge in [-0.25, -0.2) is 14.8 Å². The van der Waals surface area contributed by atoms with Crippen LogP contribution in [-0.2, 0) is 9.53 Å². The van der Waals surface area contributed by atoms with E-state index in [1.54, 1.807) is 30.3 Å². The number of rotatable bonds is 6. The topological polar surface area (TPSA) is 142 Å². The second-order valence-corrected chi connectivity index (χ2v) is 8.79. The minimum atomic E-state index is -0.445. The molecular formula is C25H25N5O6. The molecule has 3 aromatic heterocycles. The first-order chi connectivity index (χ1) is 17.5. The van der Waals surface area contributed by atoms with Gasteiger partial charge in [0.05, 0.1) is 30.3 Å². The molecule has 0 atom stereocenters. The van der Waals surface area contributed by atoms with Gasteiger partial charge in [0.25, 0.3) is 11.8 Å². The summed E-state index contributed by atoms with van der Waals surface area (Å²) in [7, 11) is 1.53. The van der Waals surface area contributed by atoms with E-state index >= 15 is 0 Å². The highest BCUT2D eigenvalue weighted by Gasteiger charge is 2.25. The fourth-order valence-corrected chi connectivity index (χ4v) is 4.31. The van der Waals surface area contributed by atoms with Crippen LogP contribution in [0.5, 0.6) is 11.6 Å². The van der Waals surface area contributed by atoms with Crippen molar-refractivity contribution in [3.8, 4) is 11.6 Å². The number of carbonyl (C=O) groups is 3. The van der Waals surface area contributed by atoms with Crippen molar-refractivity contribution in [2.24, 2.45) is 5.92 Å². The lowest BCUT2D eigenvalue weighted by molar-refractivity contribution is -0.118. The van der Waals surface area contributed by atoms with Gasteiger partial charge in [-0.05, 0) is 55.9 Å². The number of methoxy groups -OCH3 is 1. The standard InChI is InChI=1S/C25H25N5O6/c1-34-22-9-7-17-19(28-22)10-15(11-26-17)25(33)36-12-14-2-4-16(5-3-14)27-24(32)18-6-8-20-23(29-18)30-21(31)13-35-20/h6-11,14,16H,2-5,12-13H2,1H3,(H,27,32)(H,29,30,31). The van der Waals surface area contributed by atoms with Crippen LogP contribution in [0.3, 0.4) is 0 Å². The molecule has 36 heavy (non-hydrogen) atoms. The Labute approximate surface area is 206 Å². The molecule has 2 aliphatic rings. The molecule has 186 valence electrons. The van der Waals surface area contributed by atoms with E-state index in [1.807, 2.05) is 0 Å². The first-order valence-electron chi connectivity index (χ1n) is 11.7. The van der Waals surface area contributed by atoms with Gasteiger partial charge in [-0.3, -0.25) is 14.6 Å². The average Bonchev–Trinajstić information content (AvgIpc) is 2.91. The zero-order valence-electron chi connectivity index (χ0n) is 19.7. The number of ether oxygens (including phenoxy) is 3. The number of nitrogens with one attached hydrogen (secondary N) is 2. The Morgan fingerprint density at radius 2 is 1.94 bits per heavy atom. The molecular weight excluding hydrogens is 466 g/mol. The molecule has 1 saturated carbocycles. The van der Waals surface area contributed by atoms with Crippen molar-refractivity contribution in [3.05, 3.63) is 47.8 Å². The van der Waals surface area contributed by atoms with Crippen molar-refractivity contribution in [2.75, 3.05) is 25.6 Å². The third-order valence-corrected chi connectivity index (χ3v) is 6.30. The Balaban J connectivity index is 1.10. The molecule has 0 spiro atoms. The maximum Gasteiger partial charge on any atom is 0.339 e. The Morgan fingerprint density at radius 3 is 2.75 bits per heavy atom. The smallest absolute Gasteiger partial charge is 0.339 e. The SMILES string of the molecule is COc1ccc2ncc(C(=O)OCC3CCC(NC(=O)c4ccc5c(n4)NC(=O)CO5)CC3)cc2n1. The average molecular weight is 492 g/mol. The number of amides is 2. The van der Waals surface area contributed by atoms with Crippen molar-refractivity contribution >= 4 is 34.6 Å². The normalized spacial score (nSPS) is 19.0. The molecule has 0 saturated heterocycles. The van der Waals surface area contributed by atoms with Crippen molar-refractivity contribution in [3.63, 3.8) is 0 Å². The highest BCUT2D eigenvalue weighted by Crippen LogP contribution is 2.27. The quantitative estimate of drug-likeness (QED) is 0.497. The number of pyridine rings is 3. The number of hydrogen-bond donors (Lipinski definition) is 2. The van der Waals surface area contributed by atoms with E-state index in [9.17, 15) is 14.4 Å². The van der Waals surface area contributed by atoms with Crippen molar-refractivity contribution in [1.29, 1.82) is 0 Å². The zero-order valence-corrected chi connectivity index (χ0v) is 19.7. The Bertz CT molecular complexity index is 1320. The summed E-state index contributed by atoms with van der Waals surface area (Å²) < 4.78 is 15.9. The lowest BCUT2D eigenvalue weighted by Crippen LogP contribution is -2.38. The first-order valence-corrected chi connectivity index (χ1v) is 11.7. The molecule has 1 aliphatic heterocycles. The van der Waals surface area contributed by atoms with Crippen LogP contribution in [0.25, 0.3) is 11.0 Å². The maximum absolute atomic E-state index is 12.7. The highest BCUT2D eigenvalue weighted by molar-refractivity contribution is 5.97. The summed E-state index contributed by atoms with van der Waals surface area (Å²) in [5, 5.41) is 5.61. The predicted molar refractivity (Wildman–Crippen MR) is 128 cm³/mol. The molecule has 11 nitrogen and oxygen atoms in total. The van der Waals surface area contributed by atoms with Gasteiger partial charge < -0.3 is 24.8 Å². The summed E-state index contributed by atoms with van der Waals surface area (Å²) in [6.07, 6.45) is 4.64. The fourth-order valence-electron chi connectivity index (χ4n) is 4.31. The lowest BCUT2D eigenvalue weighted by Gasteiger charge is -2.28. The van der Waals surface area contributed by atoms with Gasteiger partial charge in [0.2, 0.25) is 5.88 Å². The molecule has 0 aromatic carbocycles. The number of anilines is 1. The van der Waals surface area contributed by atoms with Crippen LogP contribution in [0.15, 0.2) is 36.5 Å². The van der Waals surface area contributed by atoms with Gasteiger partial charge in [-0.15, -0.1) is 0 Å². The monoisotopic (exact) mass is 491 g/mol. The molecule has 4 heterocycles. The fraction of sp³-hybridized carbons (Fsp3) is 0.360. The summed E-state index contributed by atoms with van der Waals surface area (Å²) in [4.78, 5) is 49.5. The second kappa shape index (κ2) is 10.1. The van der Waals surface area contributed by atoms with Gasteiger partial charge in [-0.2, -0.15) is 0 Å². The number of nitrogens with zero attached hydrogens (tertiary/aromatic N) is 3. The van der Waals surface area contributed by atoms with Gasteiger partial charge >= 0.3 is 5.97 Å². The summed E-state index contributed by atoms with van der Waals surface area (Å²) in [6, 6.07) is 8.33. The molecule has 11 heteroatoms. The van der Waals surface area contributed by atoms with Crippen LogP contribution in [0.2, 0.25) is 0 Å². The van der Waals surface area contributed by atoms with E-state index in [0.717, 1.165) is 25.7 Å². The molecule has 5 rings (SSSR count). The van der Waals surface area contributed by atoms with E-state index < -0.39 is 5.97 Å². The lowest BCUT2D eigenvalue weighted by atomic mass is 9.86. The number of hydrogen-bond acceptors (Lipinski definition) is 9. The van der Waals surface area contributed by atoms with Gasteiger partial charge in [-0.1, -0.05) is 0 Å². The molecule has 1 fully saturated rings. The summed E-state index contributed by atoms with van der Waals surface area (Å²) >= 11 is 0. The van der Waals surface area contributed by atoms with Gasteiger partial charge in [0, 0.05) is 18.3 Å². The molecule has 2 N–H and O–H groups in total. The van der Waals surface area contributed by atoms with Crippen LogP contribution in [0.4, 0.5) is 5.82 Å². The van der Waals surface area contributed by atoms with Gasteiger partial charge in [0.15, 0.2) is 18.2 Å². The molecule has 0 radical (unpaired) electrons. The maximum atomic E-state index is 12.7. The Kier molecular flexibility index (Phi) is 6.61. The third kappa shape index (κ3) is 5.19. The van der Waals surface area contributed by atoms with E-state index in [1.165, 1.54) is 13.3 Å². The number of carbonyl (C=O) groups excluding carboxylic acids is 3. The second-order valence-electron chi connectivity index (χ2n) is 8.79. The van der Waals surface area contributed by atoms with Crippen LogP contribution < -0.4 is 20.1 Å². The van der Waals surface area contributed by atoms with E-state index in [2.05, 4.69) is 25.6 Å². The molecule has 0 bridgehead atoms. The number of fused-ring (bicyclic) bond motifs is 2. The van der Waals surface area contributed by atoms with Crippen molar-refractivity contribution in [2.45, 2.75) is 31.7 Å². The van der Waals surface area contributed by atoms with E-state index in [4.69, 9.17) is 14.2 Å². The molecule has 1 aliphatic carbocycles. The van der Waals surface area contributed by atoms with Crippen LogP contribution in [0.1, 0.15) is 46.5 Å². The summed E-state index contributed by atoms with van der Waals surface area (Å²) in [6.45, 7) is 0.236. The van der Waals surface area contributed by atoms with Crippen LogP contribution in [0, 0.1) is 5.92 Å². The Morgan fingerprint density at radius 1 is 1.11 bits per heavy atom. The Hall–Kier alpha value is -4.28. The summed E-state index contributed by atoms with van der Waals surface area (Å²) in [5.74, 6) is 0.295. The van der Waals surface area contributed by atoms with Crippen molar-refractivity contribution in [1.82, 2.24) is 20.3 Å². The van der Waals surface area contributed by atoms with Crippen LogP contribution in [-0.4, -0.2) is 59.1 Å². The molecule has 0 unspecified atom stereocenters. The number of esters is 1. The first kappa shape index (κ1) is 23.5. The van der Waals surface area contributed by atoms with E-state index in [0.29, 0.717) is 34.8 Å². The highest BCUT2D eigenvalue weighted by atomic mass is 16.5. The van der Waals surface area contributed by atoms with Gasteiger partial charge in [0.1, 0.15) is 5.69 Å². The largest absolute Gasteiger partial charge is 0.481 e. The van der Waals surface area contributed by atoms with E-state index in [-0.39, 0.29) is 41.9 Å².